The fourth-order valence-electron chi connectivity index (χ4n) is 3.71. The molecule has 4 rings (SSSR count). The number of pyridine rings is 2. The van der Waals surface area contributed by atoms with Crippen LogP contribution in [-0.2, 0) is 4.79 Å². The lowest BCUT2D eigenvalue weighted by Crippen LogP contribution is -2.31. The Morgan fingerprint density at radius 2 is 1.97 bits per heavy atom. The Morgan fingerprint density at radius 1 is 1.21 bits per heavy atom. The van der Waals surface area contributed by atoms with Crippen molar-refractivity contribution < 1.29 is 9.53 Å². The predicted molar refractivity (Wildman–Crippen MR) is 115 cm³/mol. The first-order valence-corrected chi connectivity index (χ1v) is 10.3. The Hall–Kier alpha value is -2.50. The number of hydrogen-bond acceptors (Lipinski definition) is 5. The zero-order valence-electron chi connectivity index (χ0n) is 16.5. The van der Waals surface area contributed by atoms with Crippen molar-refractivity contribution in [3.8, 4) is 17.0 Å². The zero-order valence-corrected chi connectivity index (χ0v) is 17.2. The molecule has 1 fully saturated rings. The molecule has 0 atom stereocenters. The van der Waals surface area contributed by atoms with Crippen molar-refractivity contribution in [3.63, 3.8) is 0 Å². The van der Waals surface area contributed by atoms with Gasteiger partial charge in [0.15, 0.2) is 5.78 Å². The predicted octanol–water partition coefficient (Wildman–Crippen LogP) is 4.63. The second-order valence-corrected chi connectivity index (χ2v) is 8.09. The Balaban J connectivity index is 1.36. The number of carbonyl (C=O) groups excluding carboxylic acids is 1. The maximum atomic E-state index is 12.2. The molecule has 1 aliphatic rings. The summed E-state index contributed by atoms with van der Waals surface area (Å²) in [5, 5.41) is 1.46. The number of piperidine rings is 1. The molecule has 1 aliphatic heterocycles. The van der Waals surface area contributed by atoms with E-state index in [0.717, 1.165) is 48.1 Å². The van der Waals surface area contributed by atoms with E-state index in [1.165, 1.54) is 0 Å². The molecule has 0 saturated carbocycles. The summed E-state index contributed by atoms with van der Waals surface area (Å²) in [6.07, 6.45) is 6.21. The average Bonchev–Trinajstić information content (AvgIpc) is 2.74. The summed E-state index contributed by atoms with van der Waals surface area (Å²) in [5.74, 6) is 1.34. The molecule has 0 N–H and O–H groups in total. The lowest BCUT2D eigenvalue weighted by molar-refractivity contribution is -0.122. The van der Waals surface area contributed by atoms with Gasteiger partial charge in [-0.05, 0) is 75.3 Å². The van der Waals surface area contributed by atoms with Gasteiger partial charge in [0.05, 0.1) is 16.2 Å². The zero-order chi connectivity index (χ0) is 20.2. The summed E-state index contributed by atoms with van der Waals surface area (Å²) in [4.78, 5) is 23.3. The maximum absolute atomic E-state index is 12.2. The average molecular weight is 410 g/mol. The van der Waals surface area contributed by atoms with Gasteiger partial charge in [0, 0.05) is 29.8 Å². The van der Waals surface area contributed by atoms with Gasteiger partial charge in [0.25, 0.3) is 0 Å². The number of fused-ring (bicyclic) bond motifs is 1. The van der Waals surface area contributed by atoms with Gasteiger partial charge < -0.3 is 9.64 Å². The molecule has 0 unspecified atom stereocenters. The van der Waals surface area contributed by atoms with Crippen molar-refractivity contribution in [2.45, 2.75) is 19.3 Å². The van der Waals surface area contributed by atoms with Crippen LogP contribution in [0.3, 0.4) is 0 Å². The molecule has 0 amide bonds. The summed E-state index contributed by atoms with van der Waals surface area (Å²) in [5.41, 5.74) is 2.54. The second-order valence-electron chi connectivity index (χ2n) is 7.68. The van der Waals surface area contributed by atoms with Gasteiger partial charge in [-0.25, -0.2) is 4.98 Å². The van der Waals surface area contributed by atoms with Gasteiger partial charge in [-0.2, -0.15) is 0 Å². The Kier molecular flexibility index (Phi) is 6.07. The van der Waals surface area contributed by atoms with Crippen LogP contribution < -0.4 is 4.74 Å². The minimum Gasteiger partial charge on any atom is -0.486 e. The molecule has 29 heavy (non-hydrogen) atoms. The summed E-state index contributed by atoms with van der Waals surface area (Å²) < 4.78 is 5.70. The molecule has 0 aliphatic carbocycles. The summed E-state index contributed by atoms with van der Waals surface area (Å²) in [6.45, 7) is 2.27. The quantitative estimate of drug-likeness (QED) is 0.594. The van der Waals surface area contributed by atoms with Crippen LogP contribution in [0.25, 0.3) is 22.2 Å². The van der Waals surface area contributed by atoms with E-state index < -0.39 is 0 Å². The van der Waals surface area contributed by atoms with E-state index in [-0.39, 0.29) is 12.4 Å². The molecule has 0 radical (unpaired) electrons. The number of benzene rings is 1. The first kappa shape index (κ1) is 19.8. The van der Waals surface area contributed by atoms with Crippen LogP contribution in [0.15, 0.2) is 48.8 Å². The van der Waals surface area contributed by atoms with E-state index in [9.17, 15) is 4.79 Å². The van der Waals surface area contributed by atoms with Gasteiger partial charge in [-0.15, -0.1) is 0 Å². The minimum absolute atomic E-state index is 0.124. The molecule has 1 aromatic carbocycles. The third-order valence-corrected chi connectivity index (χ3v) is 5.78. The molecule has 6 heteroatoms. The lowest BCUT2D eigenvalue weighted by Gasteiger charge is -2.28. The van der Waals surface area contributed by atoms with Gasteiger partial charge in [0.1, 0.15) is 12.4 Å². The smallest absolute Gasteiger partial charge is 0.170 e. The molecule has 2 aromatic heterocycles. The number of Topliss-reactive ketones (excluding diaryl/α,β-unsaturated/α-hetero) is 1. The molecule has 0 bridgehead atoms. The van der Waals surface area contributed by atoms with E-state index in [1.807, 2.05) is 36.4 Å². The summed E-state index contributed by atoms with van der Waals surface area (Å²) in [6, 6.07) is 11.3. The first-order valence-electron chi connectivity index (χ1n) is 9.92. The number of rotatable bonds is 6. The second kappa shape index (κ2) is 8.89. The number of ketones is 1. The van der Waals surface area contributed by atoms with Gasteiger partial charge in [-0.3, -0.25) is 9.78 Å². The number of likely N-dealkylation sites (tertiary alicyclic amines) is 1. The lowest BCUT2D eigenvalue weighted by atomic mass is 9.92. The number of aromatic nitrogens is 2. The fraction of sp³-hybridized carbons (Fsp3) is 0.348. The normalized spacial score (nSPS) is 15.5. The third kappa shape index (κ3) is 4.92. The number of hydrogen-bond donors (Lipinski definition) is 0. The van der Waals surface area contributed by atoms with Crippen molar-refractivity contribution in [2.75, 3.05) is 26.7 Å². The highest BCUT2D eigenvalue weighted by Gasteiger charge is 2.19. The minimum atomic E-state index is 0.124. The molecule has 3 aromatic rings. The highest BCUT2D eigenvalue weighted by molar-refractivity contribution is 6.35. The number of nitrogens with zero attached hydrogens (tertiary/aromatic N) is 3. The van der Waals surface area contributed by atoms with Crippen LogP contribution in [0.4, 0.5) is 0 Å². The van der Waals surface area contributed by atoms with Crippen LogP contribution in [-0.4, -0.2) is 47.4 Å². The van der Waals surface area contributed by atoms with E-state index in [4.69, 9.17) is 16.3 Å². The summed E-state index contributed by atoms with van der Waals surface area (Å²) in [7, 11) is 2.13. The molecule has 150 valence electrons. The van der Waals surface area contributed by atoms with Gasteiger partial charge in [-0.1, -0.05) is 11.6 Å². The topological polar surface area (TPSA) is 55.3 Å². The SMILES string of the molecule is CN1CCC(CC(=O)COc2ccc(-c3cc(Cl)c4cnccc4n3)cc2)CC1. The van der Waals surface area contributed by atoms with Crippen molar-refractivity contribution >= 4 is 28.3 Å². The van der Waals surface area contributed by atoms with E-state index in [0.29, 0.717) is 23.1 Å². The van der Waals surface area contributed by atoms with Crippen molar-refractivity contribution in [1.82, 2.24) is 14.9 Å². The molecular formula is C23H24ClN3O2. The standard InChI is InChI=1S/C23H24ClN3O2/c1-27-10-7-16(8-11-27)12-18(28)15-29-19-4-2-17(3-5-19)23-13-21(24)20-14-25-9-6-22(20)26-23/h2-6,9,13-14,16H,7-8,10-12,15H2,1H3. The van der Waals surface area contributed by atoms with Crippen LogP contribution in [0.2, 0.25) is 5.02 Å². The number of halogens is 1. The molecule has 3 heterocycles. The first-order chi connectivity index (χ1) is 14.1. The molecular weight excluding hydrogens is 386 g/mol. The Labute approximate surface area is 175 Å². The largest absolute Gasteiger partial charge is 0.486 e. The van der Waals surface area contributed by atoms with Gasteiger partial charge in [0.2, 0.25) is 0 Å². The van der Waals surface area contributed by atoms with Crippen molar-refractivity contribution in [3.05, 3.63) is 53.8 Å². The monoisotopic (exact) mass is 409 g/mol. The Bertz CT molecular complexity index is 999. The van der Waals surface area contributed by atoms with Crippen molar-refractivity contribution in [2.24, 2.45) is 5.92 Å². The summed E-state index contributed by atoms with van der Waals surface area (Å²) >= 11 is 6.37. The fourth-order valence-corrected chi connectivity index (χ4v) is 3.96. The number of ether oxygens (including phenoxy) is 1. The maximum Gasteiger partial charge on any atom is 0.170 e. The van der Waals surface area contributed by atoms with Crippen molar-refractivity contribution in [1.29, 1.82) is 0 Å². The molecule has 5 nitrogen and oxygen atoms in total. The third-order valence-electron chi connectivity index (χ3n) is 5.46. The van der Waals surface area contributed by atoms with Gasteiger partial charge >= 0.3 is 0 Å². The Morgan fingerprint density at radius 3 is 2.72 bits per heavy atom. The highest BCUT2D eigenvalue weighted by Crippen LogP contribution is 2.28. The highest BCUT2D eigenvalue weighted by atomic mass is 35.5. The van der Waals surface area contributed by atoms with Crippen LogP contribution in [0, 0.1) is 5.92 Å². The van der Waals surface area contributed by atoms with Crippen LogP contribution in [0.1, 0.15) is 19.3 Å². The van der Waals surface area contributed by atoms with Crippen LogP contribution in [0.5, 0.6) is 5.75 Å². The van der Waals surface area contributed by atoms with Crippen LogP contribution >= 0.6 is 11.6 Å². The molecule has 0 spiro atoms. The number of carbonyl (C=O) groups is 1. The van der Waals surface area contributed by atoms with E-state index in [2.05, 4.69) is 21.9 Å². The van der Waals surface area contributed by atoms with E-state index in [1.54, 1.807) is 12.4 Å². The van der Waals surface area contributed by atoms with E-state index >= 15 is 0 Å². The molecule has 1 saturated heterocycles.